The Morgan fingerprint density at radius 3 is 2.10 bits per heavy atom. The molecule has 0 spiro atoms. The number of β-amino-alcohol motifs (C(OH)–C–C–N with tert-alkyl or cyclic N) is 1. The number of hydrogen-bond donors (Lipinski definition) is 3. The van der Waals surface area contributed by atoms with Gasteiger partial charge >= 0.3 is 6.18 Å². The number of halogens is 3. The SMILES string of the molecule is C[C@@H]1[C@@H](O)[C@H](O)[C@@H](O)CN1CC1CCC(C(F)(F)F)CC1. The average molecular weight is 311 g/mol. The zero-order valence-electron chi connectivity index (χ0n) is 12.1. The third-order valence-electron chi connectivity index (χ3n) is 5.04. The van der Waals surface area contributed by atoms with Crippen molar-refractivity contribution in [1.29, 1.82) is 0 Å². The molecule has 7 heteroatoms. The highest BCUT2D eigenvalue weighted by molar-refractivity contribution is 4.93. The van der Waals surface area contributed by atoms with Gasteiger partial charge in [0, 0.05) is 19.1 Å². The zero-order chi connectivity index (χ0) is 15.8. The summed E-state index contributed by atoms with van der Waals surface area (Å²) in [6.45, 7) is 2.58. The fraction of sp³-hybridized carbons (Fsp3) is 1.00. The van der Waals surface area contributed by atoms with Gasteiger partial charge in [-0.05, 0) is 38.5 Å². The normalized spacial score (nSPS) is 43.0. The molecule has 2 aliphatic rings. The van der Waals surface area contributed by atoms with Crippen LogP contribution in [0.25, 0.3) is 0 Å². The minimum atomic E-state index is -4.10. The Labute approximate surface area is 122 Å². The summed E-state index contributed by atoms with van der Waals surface area (Å²) in [6.07, 6.45) is -5.95. The quantitative estimate of drug-likeness (QED) is 0.716. The molecule has 2 rings (SSSR count). The highest BCUT2D eigenvalue weighted by atomic mass is 19.4. The lowest BCUT2D eigenvalue weighted by atomic mass is 9.80. The summed E-state index contributed by atoms with van der Waals surface area (Å²) in [4.78, 5) is 1.88. The lowest BCUT2D eigenvalue weighted by Gasteiger charge is -2.44. The average Bonchev–Trinajstić information content (AvgIpc) is 2.42. The van der Waals surface area contributed by atoms with Crippen LogP contribution < -0.4 is 0 Å². The van der Waals surface area contributed by atoms with Crippen molar-refractivity contribution in [2.75, 3.05) is 13.1 Å². The Balaban J connectivity index is 1.86. The van der Waals surface area contributed by atoms with E-state index in [4.69, 9.17) is 0 Å². The van der Waals surface area contributed by atoms with Gasteiger partial charge < -0.3 is 15.3 Å². The second-order valence-corrected chi connectivity index (χ2v) is 6.50. The van der Waals surface area contributed by atoms with Gasteiger partial charge in [0.05, 0.1) is 18.1 Å². The first kappa shape index (κ1) is 17.0. The van der Waals surface area contributed by atoms with Crippen LogP contribution in [-0.2, 0) is 0 Å². The van der Waals surface area contributed by atoms with Crippen molar-refractivity contribution < 1.29 is 28.5 Å². The summed E-state index contributed by atoms with van der Waals surface area (Å²) in [6, 6.07) is -0.302. The Bertz CT molecular complexity index is 345. The Morgan fingerprint density at radius 1 is 1.00 bits per heavy atom. The number of piperidine rings is 1. The number of nitrogens with zero attached hydrogens (tertiary/aromatic N) is 1. The summed E-state index contributed by atoms with van der Waals surface area (Å²) in [5.74, 6) is -1.04. The molecular weight excluding hydrogens is 287 g/mol. The molecule has 1 heterocycles. The fourth-order valence-corrected chi connectivity index (χ4v) is 3.49. The van der Waals surface area contributed by atoms with E-state index in [1.807, 2.05) is 4.90 Å². The number of rotatable bonds is 2. The van der Waals surface area contributed by atoms with Gasteiger partial charge in [-0.1, -0.05) is 0 Å². The largest absolute Gasteiger partial charge is 0.391 e. The molecule has 0 aromatic heterocycles. The third kappa shape index (κ3) is 3.88. The molecule has 1 aliphatic carbocycles. The lowest BCUT2D eigenvalue weighted by molar-refractivity contribution is -0.185. The van der Waals surface area contributed by atoms with E-state index in [9.17, 15) is 28.5 Å². The van der Waals surface area contributed by atoms with Crippen molar-refractivity contribution in [2.45, 2.75) is 63.1 Å². The van der Waals surface area contributed by atoms with Crippen LogP contribution in [0.5, 0.6) is 0 Å². The van der Waals surface area contributed by atoms with Crippen molar-refractivity contribution >= 4 is 0 Å². The van der Waals surface area contributed by atoms with Crippen LogP contribution in [-0.4, -0.2) is 63.8 Å². The summed E-state index contributed by atoms with van der Waals surface area (Å²) in [7, 11) is 0. The van der Waals surface area contributed by atoms with Crippen LogP contribution in [0, 0.1) is 11.8 Å². The van der Waals surface area contributed by atoms with Crippen molar-refractivity contribution in [3.8, 4) is 0 Å². The van der Waals surface area contributed by atoms with Crippen LogP contribution in [0.2, 0.25) is 0 Å². The third-order valence-corrected chi connectivity index (χ3v) is 5.04. The number of hydrogen-bond acceptors (Lipinski definition) is 4. The van der Waals surface area contributed by atoms with E-state index in [0.717, 1.165) is 0 Å². The molecule has 1 saturated heterocycles. The Kier molecular flexibility index (Phi) is 5.18. The molecule has 0 amide bonds. The predicted molar refractivity (Wildman–Crippen MR) is 70.6 cm³/mol. The van der Waals surface area contributed by atoms with Crippen LogP contribution in [0.3, 0.4) is 0 Å². The minimum absolute atomic E-state index is 0.153. The first-order chi connectivity index (χ1) is 9.70. The van der Waals surface area contributed by atoms with E-state index >= 15 is 0 Å². The molecular formula is C14H24F3NO3. The molecule has 3 N–H and O–H groups in total. The molecule has 1 aliphatic heterocycles. The second kappa shape index (κ2) is 6.40. The number of alkyl halides is 3. The molecule has 0 unspecified atom stereocenters. The van der Waals surface area contributed by atoms with Crippen molar-refractivity contribution in [1.82, 2.24) is 4.90 Å². The van der Waals surface area contributed by atoms with Crippen LogP contribution in [0.1, 0.15) is 32.6 Å². The van der Waals surface area contributed by atoms with Gasteiger partial charge in [0.1, 0.15) is 6.10 Å². The van der Waals surface area contributed by atoms with E-state index in [1.54, 1.807) is 6.92 Å². The molecule has 4 atom stereocenters. The Hall–Kier alpha value is -0.370. The lowest BCUT2D eigenvalue weighted by Crippen LogP contribution is -2.60. The molecule has 21 heavy (non-hydrogen) atoms. The minimum Gasteiger partial charge on any atom is -0.389 e. The maximum atomic E-state index is 12.6. The van der Waals surface area contributed by atoms with Crippen LogP contribution >= 0.6 is 0 Å². The number of aliphatic hydroxyl groups excluding tert-OH is 3. The summed E-state index contributed by atoms with van der Waals surface area (Å²) in [5, 5.41) is 29.2. The van der Waals surface area contributed by atoms with Crippen molar-refractivity contribution in [3.63, 3.8) is 0 Å². The molecule has 0 aromatic carbocycles. The predicted octanol–water partition coefficient (Wildman–Crippen LogP) is 1.14. The molecule has 4 nitrogen and oxygen atoms in total. The van der Waals surface area contributed by atoms with Gasteiger partial charge in [0.15, 0.2) is 0 Å². The van der Waals surface area contributed by atoms with Crippen LogP contribution in [0.15, 0.2) is 0 Å². The molecule has 0 aromatic rings. The van der Waals surface area contributed by atoms with Gasteiger partial charge in [-0.15, -0.1) is 0 Å². The highest BCUT2D eigenvalue weighted by Gasteiger charge is 2.43. The van der Waals surface area contributed by atoms with Crippen molar-refractivity contribution in [2.24, 2.45) is 11.8 Å². The molecule has 0 bridgehead atoms. The zero-order valence-corrected chi connectivity index (χ0v) is 12.1. The van der Waals surface area contributed by atoms with Gasteiger partial charge in [0.25, 0.3) is 0 Å². The second-order valence-electron chi connectivity index (χ2n) is 6.50. The monoisotopic (exact) mass is 311 g/mol. The van der Waals surface area contributed by atoms with E-state index < -0.39 is 30.4 Å². The van der Waals surface area contributed by atoms with Crippen LogP contribution in [0.4, 0.5) is 13.2 Å². The summed E-state index contributed by atoms with van der Waals surface area (Å²) >= 11 is 0. The highest BCUT2D eigenvalue weighted by Crippen LogP contribution is 2.40. The smallest absolute Gasteiger partial charge is 0.389 e. The molecule has 1 saturated carbocycles. The van der Waals surface area contributed by atoms with Gasteiger partial charge in [0.2, 0.25) is 0 Å². The first-order valence-electron chi connectivity index (χ1n) is 7.55. The number of likely N-dealkylation sites (tertiary alicyclic amines) is 1. The van der Waals surface area contributed by atoms with E-state index in [0.29, 0.717) is 19.4 Å². The van der Waals surface area contributed by atoms with Gasteiger partial charge in [-0.3, -0.25) is 4.90 Å². The van der Waals surface area contributed by atoms with Crippen molar-refractivity contribution in [3.05, 3.63) is 0 Å². The molecule has 0 radical (unpaired) electrons. The Morgan fingerprint density at radius 2 is 1.57 bits per heavy atom. The van der Waals surface area contributed by atoms with E-state index in [1.165, 1.54) is 0 Å². The van der Waals surface area contributed by atoms with E-state index in [-0.39, 0.29) is 31.3 Å². The van der Waals surface area contributed by atoms with Gasteiger partial charge in [-0.25, -0.2) is 0 Å². The topological polar surface area (TPSA) is 63.9 Å². The molecule has 124 valence electrons. The fourth-order valence-electron chi connectivity index (χ4n) is 3.49. The number of aliphatic hydroxyl groups is 3. The van der Waals surface area contributed by atoms with E-state index in [2.05, 4.69) is 0 Å². The maximum Gasteiger partial charge on any atom is 0.391 e. The van der Waals surface area contributed by atoms with Gasteiger partial charge in [-0.2, -0.15) is 13.2 Å². The summed E-state index contributed by atoms with van der Waals surface area (Å²) in [5.41, 5.74) is 0. The standard InChI is InChI=1S/C14H24F3NO3/c1-8-12(20)13(21)11(19)7-18(8)6-9-2-4-10(5-3-9)14(15,16)17/h8-13,19-21H,2-7H2,1H3/t8-,9?,10?,11+,12-,13-/m1/s1. The summed E-state index contributed by atoms with van der Waals surface area (Å²) < 4.78 is 37.9. The first-order valence-corrected chi connectivity index (χ1v) is 7.55. The molecule has 2 fully saturated rings. The maximum absolute atomic E-state index is 12.6.